The molecule has 0 spiro atoms. The maximum absolute atomic E-state index is 12.4. The minimum Gasteiger partial charge on any atom is -0.409 e. The minimum absolute atomic E-state index is 0.00330. The van der Waals surface area contributed by atoms with Gasteiger partial charge in [-0.15, -0.1) is 0 Å². The monoisotopic (exact) mass is 289 g/mol. The van der Waals surface area contributed by atoms with Crippen molar-refractivity contribution in [2.75, 3.05) is 5.32 Å². The zero-order valence-electron chi connectivity index (χ0n) is 12.2. The van der Waals surface area contributed by atoms with Crippen LogP contribution >= 0.6 is 0 Å². The molecule has 0 saturated heterocycles. The molecule has 1 amide bonds. The molecule has 1 aromatic carbocycles. The van der Waals surface area contributed by atoms with Crippen molar-refractivity contribution in [3.8, 4) is 0 Å². The molecular weight excluding hydrogens is 266 g/mol. The highest BCUT2D eigenvalue weighted by Crippen LogP contribution is 2.24. The molecule has 1 aromatic rings. The number of hydrogen-bond acceptors (Lipinski definition) is 3. The van der Waals surface area contributed by atoms with E-state index in [2.05, 4.69) is 10.5 Å². The van der Waals surface area contributed by atoms with E-state index in [1.165, 1.54) is 19.3 Å². The maximum Gasteiger partial charge on any atom is 0.227 e. The summed E-state index contributed by atoms with van der Waals surface area (Å²) in [5.41, 5.74) is 6.78. The molecule has 114 valence electrons. The standard InChI is InChI=1S/C16H23N3O2/c17-15(19-21)13-10-6-7-11-14(13)18-16(20)12-8-4-2-1-3-5-9-12/h6-7,10-12,21H,1-5,8-9H2,(H2,17,19)(H,18,20). The number of carbonyl (C=O) groups is 1. The van der Waals surface area contributed by atoms with Crippen LogP contribution in [0, 0.1) is 5.92 Å². The molecule has 2 rings (SSSR count). The van der Waals surface area contributed by atoms with E-state index in [1.807, 2.05) is 6.07 Å². The number of amidine groups is 1. The number of carbonyl (C=O) groups excluding carboxylic acids is 1. The van der Waals surface area contributed by atoms with Crippen LogP contribution in [0.3, 0.4) is 0 Å². The molecule has 0 bridgehead atoms. The van der Waals surface area contributed by atoms with E-state index in [9.17, 15) is 4.79 Å². The lowest BCUT2D eigenvalue weighted by atomic mass is 9.90. The molecule has 4 N–H and O–H groups in total. The van der Waals surface area contributed by atoms with Crippen LogP contribution in [0.15, 0.2) is 29.4 Å². The first-order valence-corrected chi connectivity index (χ1v) is 7.60. The molecule has 1 aliphatic rings. The van der Waals surface area contributed by atoms with Gasteiger partial charge in [0, 0.05) is 11.5 Å². The molecule has 5 nitrogen and oxygen atoms in total. The van der Waals surface area contributed by atoms with E-state index in [-0.39, 0.29) is 17.7 Å². The second-order valence-electron chi connectivity index (χ2n) is 5.56. The number of hydrogen-bond donors (Lipinski definition) is 3. The fourth-order valence-electron chi connectivity index (χ4n) is 2.82. The molecule has 1 aliphatic carbocycles. The molecule has 0 aromatic heterocycles. The summed E-state index contributed by atoms with van der Waals surface area (Å²) in [7, 11) is 0. The van der Waals surface area contributed by atoms with Gasteiger partial charge in [0.2, 0.25) is 5.91 Å². The summed E-state index contributed by atoms with van der Waals surface area (Å²) in [4.78, 5) is 12.4. The van der Waals surface area contributed by atoms with Crippen molar-refractivity contribution in [2.45, 2.75) is 44.9 Å². The van der Waals surface area contributed by atoms with Crippen LogP contribution in [-0.2, 0) is 4.79 Å². The van der Waals surface area contributed by atoms with Gasteiger partial charge in [0.15, 0.2) is 5.84 Å². The zero-order valence-corrected chi connectivity index (χ0v) is 12.2. The summed E-state index contributed by atoms with van der Waals surface area (Å²) < 4.78 is 0. The summed E-state index contributed by atoms with van der Waals surface area (Å²) in [6.45, 7) is 0. The third-order valence-electron chi connectivity index (χ3n) is 4.04. The molecule has 0 heterocycles. The number of benzene rings is 1. The first-order valence-electron chi connectivity index (χ1n) is 7.60. The van der Waals surface area contributed by atoms with Crippen molar-refractivity contribution in [2.24, 2.45) is 16.8 Å². The fourth-order valence-corrected chi connectivity index (χ4v) is 2.82. The highest BCUT2D eigenvalue weighted by Gasteiger charge is 2.20. The van der Waals surface area contributed by atoms with Gasteiger partial charge in [-0.05, 0) is 25.0 Å². The van der Waals surface area contributed by atoms with Crippen molar-refractivity contribution in [3.05, 3.63) is 29.8 Å². The van der Waals surface area contributed by atoms with Crippen molar-refractivity contribution in [1.29, 1.82) is 0 Å². The van der Waals surface area contributed by atoms with Gasteiger partial charge in [-0.25, -0.2) is 0 Å². The van der Waals surface area contributed by atoms with Crippen molar-refractivity contribution < 1.29 is 10.0 Å². The third-order valence-corrected chi connectivity index (χ3v) is 4.04. The molecule has 5 heteroatoms. The molecule has 1 saturated carbocycles. The van der Waals surface area contributed by atoms with Gasteiger partial charge in [0.25, 0.3) is 0 Å². The second-order valence-corrected chi connectivity index (χ2v) is 5.56. The Balaban J connectivity index is 2.08. The van der Waals surface area contributed by atoms with Gasteiger partial charge in [-0.1, -0.05) is 49.4 Å². The van der Waals surface area contributed by atoms with Crippen LogP contribution in [0.5, 0.6) is 0 Å². The highest BCUT2D eigenvalue weighted by atomic mass is 16.4. The second kappa shape index (κ2) is 7.67. The number of oxime groups is 1. The van der Waals surface area contributed by atoms with Crippen molar-refractivity contribution in [3.63, 3.8) is 0 Å². The van der Waals surface area contributed by atoms with Gasteiger partial charge in [-0.3, -0.25) is 4.79 Å². The molecule has 21 heavy (non-hydrogen) atoms. The van der Waals surface area contributed by atoms with Gasteiger partial charge < -0.3 is 16.3 Å². The molecule has 0 aliphatic heterocycles. The Morgan fingerprint density at radius 2 is 1.76 bits per heavy atom. The molecule has 1 fully saturated rings. The number of para-hydroxylation sites is 1. The molecule has 0 radical (unpaired) electrons. The fraction of sp³-hybridized carbons (Fsp3) is 0.500. The largest absolute Gasteiger partial charge is 0.409 e. The Kier molecular flexibility index (Phi) is 5.60. The van der Waals surface area contributed by atoms with Gasteiger partial charge in [0.05, 0.1) is 5.69 Å². The zero-order chi connectivity index (χ0) is 15.1. The number of nitrogens with one attached hydrogen (secondary N) is 1. The summed E-state index contributed by atoms with van der Waals surface area (Å²) in [5, 5.41) is 14.8. The van der Waals surface area contributed by atoms with Crippen LogP contribution in [0.25, 0.3) is 0 Å². The first kappa shape index (κ1) is 15.4. The average molecular weight is 289 g/mol. The average Bonchev–Trinajstić information content (AvgIpc) is 2.46. The Morgan fingerprint density at radius 3 is 2.43 bits per heavy atom. The minimum atomic E-state index is 0.00330. The number of nitrogens with zero attached hydrogens (tertiary/aromatic N) is 1. The van der Waals surface area contributed by atoms with E-state index < -0.39 is 0 Å². The van der Waals surface area contributed by atoms with Gasteiger partial charge >= 0.3 is 0 Å². The predicted octanol–water partition coefficient (Wildman–Crippen LogP) is 3.08. The van der Waals surface area contributed by atoms with Gasteiger partial charge in [-0.2, -0.15) is 0 Å². The lowest BCUT2D eigenvalue weighted by Crippen LogP contribution is -2.25. The lowest BCUT2D eigenvalue weighted by molar-refractivity contribution is -0.120. The van der Waals surface area contributed by atoms with E-state index in [1.54, 1.807) is 18.2 Å². The Labute approximate surface area is 125 Å². The van der Waals surface area contributed by atoms with Crippen LogP contribution in [0.4, 0.5) is 5.69 Å². The van der Waals surface area contributed by atoms with E-state index in [0.29, 0.717) is 11.3 Å². The Bertz CT molecular complexity index is 506. The van der Waals surface area contributed by atoms with Crippen LogP contribution in [0.2, 0.25) is 0 Å². The van der Waals surface area contributed by atoms with Crippen molar-refractivity contribution >= 4 is 17.4 Å². The first-order chi connectivity index (χ1) is 10.2. The number of anilines is 1. The Morgan fingerprint density at radius 1 is 1.14 bits per heavy atom. The summed E-state index contributed by atoms with van der Waals surface area (Å²) in [6.07, 6.45) is 7.81. The highest BCUT2D eigenvalue weighted by molar-refractivity contribution is 6.05. The summed E-state index contributed by atoms with van der Waals surface area (Å²) in [6, 6.07) is 7.11. The summed E-state index contributed by atoms with van der Waals surface area (Å²) in [5.74, 6) is 0.101. The Hall–Kier alpha value is -2.04. The van der Waals surface area contributed by atoms with E-state index >= 15 is 0 Å². The van der Waals surface area contributed by atoms with E-state index in [0.717, 1.165) is 25.7 Å². The smallest absolute Gasteiger partial charge is 0.227 e. The maximum atomic E-state index is 12.4. The van der Waals surface area contributed by atoms with Crippen LogP contribution < -0.4 is 11.1 Å². The van der Waals surface area contributed by atoms with Crippen molar-refractivity contribution in [1.82, 2.24) is 0 Å². The lowest BCUT2D eigenvalue weighted by Gasteiger charge is -2.20. The van der Waals surface area contributed by atoms with Crippen LogP contribution in [0.1, 0.15) is 50.5 Å². The molecule has 0 atom stereocenters. The molecule has 0 unspecified atom stereocenters. The molecular formula is C16H23N3O2. The van der Waals surface area contributed by atoms with Crippen LogP contribution in [-0.4, -0.2) is 17.0 Å². The normalized spacial score (nSPS) is 17.8. The predicted molar refractivity (Wildman–Crippen MR) is 83.4 cm³/mol. The van der Waals surface area contributed by atoms with Gasteiger partial charge in [0.1, 0.15) is 0 Å². The third kappa shape index (κ3) is 4.21. The van der Waals surface area contributed by atoms with E-state index in [4.69, 9.17) is 10.9 Å². The summed E-state index contributed by atoms with van der Waals surface area (Å²) >= 11 is 0. The topological polar surface area (TPSA) is 87.7 Å². The quantitative estimate of drug-likeness (QED) is 0.346. The number of amides is 1. The number of rotatable bonds is 3. The SMILES string of the molecule is NC(=NO)c1ccccc1NC(=O)C1CCCCCCC1. The number of nitrogens with two attached hydrogens (primary N) is 1.